The molecular weight excluding hydrogens is 380 g/mol. The maximum atomic E-state index is 4.00. The highest BCUT2D eigenvalue weighted by atomic mass is 15.9. The second kappa shape index (κ2) is 6.47. The molecule has 0 aliphatic rings. The minimum Gasteiger partial charge on any atom is -0.265 e. The van der Waals surface area contributed by atoms with E-state index in [1.807, 2.05) is 6.07 Å². The van der Waals surface area contributed by atoms with Crippen molar-refractivity contribution in [3.8, 4) is 5.69 Å². The Hall–Kier alpha value is -4.05. The molecule has 0 N–H and O–H groups in total. The van der Waals surface area contributed by atoms with Crippen LogP contribution in [-0.4, -0.2) is 20.8 Å². The lowest BCUT2D eigenvalue weighted by Crippen LogP contribution is -1.91. The Kier molecular flexibility index (Phi) is 3.71. The summed E-state index contributed by atoms with van der Waals surface area (Å²) in [5.41, 5.74) is 9.48. The molecule has 4 aromatic carbocycles. The van der Waals surface area contributed by atoms with E-state index >= 15 is 0 Å². The lowest BCUT2D eigenvalue weighted by Gasteiger charge is -2.04. The SMILES string of the molecule is C=Nc1ccc(C=Cc2ccc(-n3n4c5ccc6ccccc6c5n34)cc2C)c(C)c1. The van der Waals surface area contributed by atoms with Crippen molar-refractivity contribution in [2.24, 2.45) is 4.99 Å². The van der Waals surface area contributed by atoms with Gasteiger partial charge in [-0.1, -0.05) is 54.6 Å². The van der Waals surface area contributed by atoms with E-state index in [4.69, 9.17) is 0 Å². The standard InChI is InChI=1S/C27H22N4/c1-18-16-23(28-3)13-10-20(18)8-9-21-11-14-24(17-19(21)2)29-30-26-15-12-22-6-4-5-7-25(22)27(26)31(29)30/h4-17H,3H2,1-2H3. The zero-order valence-corrected chi connectivity index (χ0v) is 17.6. The molecule has 6 rings (SSSR count). The van der Waals surface area contributed by atoms with Gasteiger partial charge in [-0.3, -0.25) is 4.99 Å². The van der Waals surface area contributed by atoms with Crippen LogP contribution in [0.3, 0.4) is 0 Å². The smallest absolute Gasteiger partial charge is 0.121 e. The fraction of sp³-hybridized carbons (Fsp3) is 0.0741. The Morgan fingerprint density at radius 2 is 1.52 bits per heavy atom. The average Bonchev–Trinajstić information content (AvgIpc) is 3.44. The van der Waals surface area contributed by atoms with Crippen LogP contribution in [0.4, 0.5) is 5.69 Å². The van der Waals surface area contributed by atoms with Gasteiger partial charge < -0.3 is 0 Å². The highest BCUT2D eigenvalue weighted by Crippen LogP contribution is 2.33. The van der Waals surface area contributed by atoms with Crippen LogP contribution in [0.1, 0.15) is 22.3 Å². The number of hydrogen-bond acceptors (Lipinski definition) is 1. The Labute approximate surface area is 180 Å². The van der Waals surface area contributed by atoms with Gasteiger partial charge in [0.25, 0.3) is 0 Å². The van der Waals surface area contributed by atoms with E-state index < -0.39 is 0 Å². The van der Waals surface area contributed by atoms with Crippen molar-refractivity contribution in [3.05, 3.63) is 95.1 Å². The average molecular weight is 403 g/mol. The molecule has 4 nitrogen and oxygen atoms in total. The molecular formula is C27H22N4. The van der Waals surface area contributed by atoms with E-state index in [9.17, 15) is 0 Å². The Bertz CT molecular complexity index is 1620. The van der Waals surface area contributed by atoms with Gasteiger partial charge in [-0.2, -0.15) is 4.80 Å². The summed E-state index contributed by atoms with van der Waals surface area (Å²) < 4.78 is 4.45. The first-order valence-electron chi connectivity index (χ1n) is 10.4. The molecule has 31 heavy (non-hydrogen) atoms. The summed E-state index contributed by atoms with van der Waals surface area (Å²) >= 11 is 0. The molecule has 2 aromatic heterocycles. The third kappa shape index (κ3) is 2.65. The molecule has 0 aliphatic heterocycles. The molecule has 0 bridgehead atoms. The quantitative estimate of drug-likeness (QED) is 0.232. The molecule has 0 saturated carbocycles. The third-order valence-corrected chi connectivity index (χ3v) is 6.17. The van der Waals surface area contributed by atoms with Crippen molar-refractivity contribution in [3.63, 3.8) is 0 Å². The molecule has 0 radical (unpaired) electrons. The number of benzene rings is 4. The zero-order valence-electron chi connectivity index (χ0n) is 17.6. The van der Waals surface area contributed by atoms with Crippen LogP contribution in [0.5, 0.6) is 0 Å². The fourth-order valence-corrected chi connectivity index (χ4v) is 4.41. The van der Waals surface area contributed by atoms with Gasteiger partial charge in [0.1, 0.15) is 11.0 Å². The maximum absolute atomic E-state index is 4.00. The van der Waals surface area contributed by atoms with Gasteiger partial charge in [0.2, 0.25) is 0 Å². The largest absolute Gasteiger partial charge is 0.265 e. The summed E-state index contributed by atoms with van der Waals surface area (Å²) in [6.07, 6.45) is 4.35. The van der Waals surface area contributed by atoms with Crippen LogP contribution in [0.2, 0.25) is 0 Å². The van der Waals surface area contributed by atoms with Crippen LogP contribution < -0.4 is 0 Å². The summed E-state index contributed by atoms with van der Waals surface area (Å²) in [4.78, 5) is 6.22. The van der Waals surface area contributed by atoms with Gasteiger partial charge in [-0.05, 0) is 78.5 Å². The Morgan fingerprint density at radius 3 is 2.26 bits per heavy atom. The molecule has 0 spiro atoms. The van der Waals surface area contributed by atoms with Crippen molar-refractivity contribution in [2.45, 2.75) is 13.8 Å². The molecule has 0 atom stereocenters. The summed E-state index contributed by atoms with van der Waals surface area (Å²) in [7, 11) is 0. The van der Waals surface area contributed by atoms with Gasteiger partial charge in [-0.25, -0.2) is 0 Å². The molecule has 0 fully saturated rings. The lowest BCUT2D eigenvalue weighted by molar-refractivity contribution is 1.02. The Morgan fingerprint density at radius 1 is 0.774 bits per heavy atom. The summed E-state index contributed by atoms with van der Waals surface area (Å²) in [6, 6.07) is 25.7. The first kappa shape index (κ1) is 17.8. The number of nitrogens with zero attached hydrogens (tertiary/aromatic N) is 4. The highest BCUT2D eigenvalue weighted by molar-refractivity contribution is 6.06. The molecule has 0 unspecified atom stereocenters. The van der Waals surface area contributed by atoms with Crippen molar-refractivity contribution >= 4 is 46.4 Å². The van der Waals surface area contributed by atoms with Gasteiger partial charge in [0.05, 0.1) is 11.4 Å². The van der Waals surface area contributed by atoms with Crippen molar-refractivity contribution in [1.82, 2.24) is 14.1 Å². The number of aryl methyl sites for hydroxylation is 2. The van der Waals surface area contributed by atoms with Crippen LogP contribution in [0.25, 0.3) is 39.6 Å². The summed E-state index contributed by atoms with van der Waals surface area (Å²) in [6.45, 7) is 7.87. The molecule has 4 heteroatoms. The van der Waals surface area contributed by atoms with Gasteiger partial charge >= 0.3 is 0 Å². The number of aliphatic imine (C=N–C) groups is 1. The molecule has 0 saturated heterocycles. The van der Waals surface area contributed by atoms with Crippen LogP contribution in [-0.2, 0) is 0 Å². The first-order chi connectivity index (χ1) is 15.2. The molecule has 150 valence electrons. The van der Waals surface area contributed by atoms with E-state index in [2.05, 4.69) is 118 Å². The fourth-order valence-electron chi connectivity index (χ4n) is 4.41. The number of fused-ring (bicyclic) bond motifs is 6. The van der Waals surface area contributed by atoms with Gasteiger partial charge in [0.15, 0.2) is 0 Å². The zero-order chi connectivity index (χ0) is 21.1. The first-order valence-corrected chi connectivity index (χ1v) is 10.4. The van der Waals surface area contributed by atoms with Crippen molar-refractivity contribution in [2.75, 3.05) is 0 Å². The third-order valence-electron chi connectivity index (χ3n) is 6.17. The molecule has 0 amide bonds. The van der Waals surface area contributed by atoms with Crippen LogP contribution >= 0.6 is 0 Å². The van der Waals surface area contributed by atoms with E-state index in [0.717, 1.165) is 5.69 Å². The van der Waals surface area contributed by atoms with E-state index in [0.29, 0.717) is 0 Å². The second-order valence-corrected chi connectivity index (χ2v) is 8.10. The van der Waals surface area contributed by atoms with E-state index in [1.165, 1.54) is 49.7 Å². The topological polar surface area (TPSA) is 26.1 Å². The van der Waals surface area contributed by atoms with Crippen molar-refractivity contribution in [1.29, 1.82) is 0 Å². The van der Waals surface area contributed by atoms with Crippen molar-refractivity contribution < 1.29 is 0 Å². The predicted molar refractivity (Wildman–Crippen MR) is 130 cm³/mol. The monoisotopic (exact) mass is 402 g/mol. The molecule has 6 aromatic rings. The minimum absolute atomic E-state index is 0.905. The van der Waals surface area contributed by atoms with Crippen LogP contribution in [0.15, 0.2) is 77.8 Å². The molecule has 0 aliphatic carbocycles. The summed E-state index contributed by atoms with van der Waals surface area (Å²) in [5.74, 6) is 0. The van der Waals surface area contributed by atoms with E-state index in [-0.39, 0.29) is 0 Å². The summed E-state index contributed by atoms with van der Waals surface area (Å²) in [5, 5.41) is 2.57. The number of aromatic nitrogens is 3. The Balaban J connectivity index is 1.35. The van der Waals surface area contributed by atoms with E-state index in [1.54, 1.807) is 0 Å². The number of rotatable bonds is 4. The molecule has 2 heterocycles. The predicted octanol–water partition coefficient (Wildman–Crippen LogP) is 6.69. The van der Waals surface area contributed by atoms with Gasteiger partial charge in [-0.15, -0.1) is 9.26 Å². The second-order valence-electron chi connectivity index (χ2n) is 8.10. The highest BCUT2D eigenvalue weighted by Gasteiger charge is 2.25. The van der Waals surface area contributed by atoms with Gasteiger partial charge in [0, 0.05) is 5.39 Å². The lowest BCUT2D eigenvalue weighted by atomic mass is 10.0. The van der Waals surface area contributed by atoms with Crippen LogP contribution in [0, 0.1) is 13.8 Å². The maximum Gasteiger partial charge on any atom is 0.121 e. The normalized spacial score (nSPS) is 12.2. The number of hydrogen-bond donors (Lipinski definition) is 0. The minimum atomic E-state index is 0.905.